The fraction of sp³-hybridized carbons (Fsp3) is 0. The molecule has 7 heteroatoms. The molecular weight excluding hydrogens is 282 g/mol. The molecule has 0 bridgehead atoms. The molecule has 0 heterocycles. The molecule has 2 aromatic carbocycles. The summed E-state index contributed by atoms with van der Waals surface area (Å²) >= 11 is 0. The molecule has 2 rings (SSSR count). The van der Waals surface area contributed by atoms with Crippen LogP contribution in [0, 0.1) is 0 Å². The number of para-hydroxylation sites is 1. The molecule has 6 nitrogen and oxygen atoms in total. The Hall–Kier alpha value is -2.38. The van der Waals surface area contributed by atoms with Crippen molar-refractivity contribution >= 4 is 28.6 Å². The Labute approximate surface area is 117 Å². The maximum Gasteiger partial charge on any atom is 0.446 e. The Morgan fingerprint density at radius 1 is 0.900 bits per heavy atom. The van der Waals surface area contributed by atoms with Crippen molar-refractivity contribution in [3.8, 4) is 5.75 Å². The molecule has 0 aliphatic heterocycles. The van der Waals surface area contributed by atoms with E-state index in [0.29, 0.717) is 0 Å². The van der Waals surface area contributed by atoms with Crippen molar-refractivity contribution < 1.29 is 21.9 Å². The lowest BCUT2D eigenvalue weighted by molar-refractivity contribution is -0.0980. The zero-order valence-electron chi connectivity index (χ0n) is 10.4. The lowest BCUT2D eigenvalue weighted by atomic mass is 10.2. The number of rotatable bonds is 4. The van der Waals surface area contributed by atoms with Crippen LogP contribution in [0.15, 0.2) is 54.6 Å². The van der Waals surface area contributed by atoms with Crippen molar-refractivity contribution in [2.75, 3.05) is 5.32 Å². The summed E-state index contributed by atoms with van der Waals surface area (Å²) in [5.41, 5.74) is 1.70. The van der Waals surface area contributed by atoms with Gasteiger partial charge in [-0.15, -0.1) is 0 Å². The Bertz CT molecular complexity index is 626. The van der Waals surface area contributed by atoms with Gasteiger partial charge in [0, 0.05) is 11.4 Å². The molecule has 20 heavy (non-hydrogen) atoms. The highest BCUT2D eigenvalue weighted by molar-refractivity contribution is 7.81. The summed E-state index contributed by atoms with van der Waals surface area (Å²) in [6, 6.07) is 15.7. The van der Waals surface area contributed by atoms with E-state index in [-0.39, 0.29) is 5.75 Å². The molecule has 0 unspecified atom stereocenters. The van der Waals surface area contributed by atoms with Gasteiger partial charge < -0.3 is 14.3 Å². The fourth-order valence-electron chi connectivity index (χ4n) is 1.40. The summed E-state index contributed by atoms with van der Waals surface area (Å²) in [5, 5.41) is 3.13. The molecule has 2 aromatic rings. The van der Waals surface area contributed by atoms with E-state index >= 15 is 0 Å². The summed E-state index contributed by atoms with van der Waals surface area (Å²) in [6.07, 6.45) is 0. The van der Waals surface area contributed by atoms with Crippen molar-refractivity contribution in [1.29, 1.82) is 0 Å². The molecule has 0 aliphatic carbocycles. The Morgan fingerprint density at radius 3 is 1.90 bits per heavy atom. The van der Waals surface area contributed by atoms with Crippen LogP contribution < -0.4 is 9.50 Å². The minimum Gasteiger partial charge on any atom is -0.362 e. The summed E-state index contributed by atoms with van der Waals surface area (Å²) in [5.74, 6) is 0.0520. The van der Waals surface area contributed by atoms with E-state index in [1.54, 1.807) is 12.1 Å². The summed E-state index contributed by atoms with van der Waals surface area (Å²) < 4.78 is 33.8. The van der Waals surface area contributed by atoms with Crippen LogP contribution in [0.2, 0.25) is 0 Å². The predicted octanol–water partition coefficient (Wildman–Crippen LogP) is 2.43. The molecule has 0 atom stereocenters. The van der Waals surface area contributed by atoms with Gasteiger partial charge in [-0.1, -0.05) is 18.2 Å². The fourth-order valence-corrected chi connectivity index (χ4v) is 1.76. The molecule has 106 valence electrons. The first-order valence-electron chi connectivity index (χ1n) is 5.41. The van der Waals surface area contributed by atoms with Crippen LogP contribution >= 0.6 is 0 Å². The van der Waals surface area contributed by atoms with E-state index < -0.39 is 10.4 Å². The van der Waals surface area contributed by atoms with Crippen LogP contribution in [0.5, 0.6) is 5.75 Å². The lowest BCUT2D eigenvalue weighted by Gasteiger charge is -2.07. The highest BCUT2D eigenvalue weighted by Gasteiger charge is 2.06. The summed E-state index contributed by atoms with van der Waals surface area (Å²) in [4.78, 5) is 8.00. The number of benzene rings is 2. The lowest BCUT2D eigenvalue weighted by Crippen LogP contribution is -2.06. The first-order chi connectivity index (χ1) is 9.53. The van der Waals surface area contributed by atoms with Crippen LogP contribution in [-0.4, -0.2) is 19.8 Å². The average Bonchev–Trinajstić information content (AvgIpc) is 2.43. The number of carbonyl (C=O) groups excluding carboxylic acids is 1. The largest absolute Gasteiger partial charge is 0.446 e. The molecule has 0 saturated carbocycles. The zero-order chi connectivity index (χ0) is 15.0. The first-order valence-corrected chi connectivity index (χ1v) is 6.77. The van der Waals surface area contributed by atoms with Crippen molar-refractivity contribution in [3.05, 3.63) is 54.6 Å². The highest BCUT2D eigenvalue weighted by Crippen LogP contribution is 2.20. The second-order valence-electron chi connectivity index (χ2n) is 3.53. The molecule has 0 radical (unpaired) electrons. The van der Waals surface area contributed by atoms with Crippen LogP contribution in [-0.2, 0) is 15.2 Å². The minimum absolute atomic E-state index is 0.0520. The summed E-state index contributed by atoms with van der Waals surface area (Å²) in [6.45, 7) is 2.00. The Kier molecular flexibility index (Phi) is 5.70. The Morgan fingerprint density at radius 2 is 1.40 bits per heavy atom. The van der Waals surface area contributed by atoms with Gasteiger partial charge in [-0.2, -0.15) is 8.42 Å². The second kappa shape index (κ2) is 7.27. The van der Waals surface area contributed by atoms with E-state index in [1.807, 2.05) is 37.1 Å². The maximum absolute atomic E-state index is 10.5. The van der Waals surface area contributed by atoms with Crippen molar-refractivity contribution in [2.45, 2.75) is 0 Å². The van der Waals surface area contributed by atoms with E-state index in [9.17, 15) is 8.42 Å². The molecule has 0 spiro atoms. The van der Waals surface area contributed by atoms with Crippen LogP contribution in [0.25, 0.3) is 0 Å². The number of nitrogens with one attached hydrogen (secondary N) is 1. The zero-order valence-corrected chi connectivity index (χ0v) is 11.2. The van der Waals surface area contributed by atoms with Gasteiger partial charge in [0.25, 0.3) is 0 Å². The normalized spacial score (nSPS) is 10.1. The molecule has 0 saturated heterocycles. The van der Waals surface area contributed by atoms with Gasteiger partial charge >= 0.3 is 10.4 Å². The smallest absolute Gasteiger partial charge is 0.362 e. The first kappa shape index (κ1) is 15.7. The van der Waals surface area contributed by atoms with Gasteiger partial charge in [0.05, 0.1) is 0 Å². The van der Waals surface area contributed by atoms with Crippen molar-refractivity contribution in [2.24, 2.45) is 0 Å². The van der Waals surface area contributed by atoms with Gasteiger partial charge in [0.1, 0.15) is 12.5 Å². The second-order valence-corrected chi connectivity index (χ2v) is 4.55. The van der Waals surface area contributed by atoms with E-state index in [4.69, 9.17) is 9.35 Å². The topological polar surface area (TPSA) is 92.7 Å². The molecular formula is C13H13NO5S. The maximum atomic E-state index is 10.5. The van der Waals surface area contributed by atoms with Crippen molar-refractivity contribution in [1.82, 2.24) is 0 Å². The van der Waals surface area contributed by atoms with Gasteiger partial charge in [-0.05, 0) is 36.4 Å². The average molecular weight is 295 g/mol. The molecule has 0 aliphatic rings. The van der Waals surface area contributed by atoms with Crippen molar-refractivity contribution in [3.63, 3.8) is 0 Å². The highest BCUT2D eigenvalue weighted by atomic mass is 32.3. The quantitative estimate of drug-likeness (QED) is 0.841. The number of hydrogen-bond acceptors (Lipinski definition) is 5. The number of anilines is 2. The van der Waals surface area contributed by atoms with E-state index in [2.05, 4.69) is 9.50 Å². The number of carbonyl (C=O) groups is 1. The third kappa shape index (κ3) is 5.51. The van der Waals surface area contributed by atoms with E-state index in [0.717, 1.165) is 11.4 Å². The molecule has 0 aromatic heterocycles. The molecule has 0 fully saturated rings. The standard InChI is InChI=1S/C12H11NO4S.CH2O/c14-18(15,16)17-12-8-6-11(7-9-12)13-10-4-2-1-3-5-10;1-2/h1-9,13H,(H,14,15,16);1H2. The minimum atomic E-state index is -4.47. The van der Waals surface area contributed by atoms with Gasteiger partial charge in [0.2, 0.25) is 0 Å². The predicted molar refractivity (Wildman–Crippen MR) is 75.5 cm³/mol. The van der Waals surface area contributed by atoms with E-state index in [1.165, 1.54) is 12.1 Å². The Balaban J connectivity index is 0.000000956. The van der Waals surface area contributed by atoms with Crippen LogP contribution in [0.4, 0.5) is 11.4 Å². The monoisotopic (exact) mass is 295 g/mol. The van der Waals surface area contributed by atoms with Crippen LogP contribution in [0.3, 0.4) is 0 Å². The third-order valence-electron chi connectivity index (χ3n) is 2.12. The van der Waals surface area contributed by atoms with Gasteiger partial charge in [-0.25, -0.2) is 0 Å². The molecule has 2 N–H and O–H groups in total. The third-order valence-corrected chi connectivity index (χ3v) is 2.52. The molecule has 0 amide bonds. The van der Waals surface area contributed by atoms with Crippen LogP contribution in [0.1, 0.15) is 0 Å². The van der Waals surface area contributed by atoms with Gasteiger partial charge in [0.15, 0.2) is 0 Å². The number of hydrogen-bond donors (Lipinski definition) is 2. The van der Waals surface area contributed by atoms with Gasteiger partial charge in [-0.3, -0.25) is 4.55 Å². The SMILES string of the molecule is C=O.O=S(=O)(O)Oc1ccc(Nc2ccccc2)cc1. The summed E-state index contributed by atoms with van der Waals surface area (Å²) in [7, 11) is -4.47.